The number of aldehydes is 1. The number of hydrogen-bond donors (Lipinski definition) is 0. The van der Waals surface area contributed by atoms with Crippen molar-refractivity contribution in [2.24, 2.45) is 0 Å². The molecule has 0 saturated carbocycles. The largest absolute Gasteiger partial charge is 0.302 e. The minimum Gasteiger partial charge on any atom is -0.302 e. The maximum absolute atomic E-state index is 10.0. The molecule has 11 heavy (non-hydrogen) atoms. The van der Waals surface area contributed by atoms with Crippen molar-refractivity contribution in [3.8, 4) is 0 Å². The molecule has 0 radical (unpaired) electrons. The summed E-state index contributed by atoms with van der Waals surface area (Å²) in [6.45, 7) is 5.52. The first-order valence-corrected chi connectivity index (χ1v) is 4.35. The summed E-state index contributed by atoms with van der Waals surface area (Å²) in [5, 5.41) is 0. The number of allylic oxidation sites excluding steroid dienone is 4. The molecule has 0 unspecified atom stereocenters. The lowest BCUT2D eigenvalue weighted by Crippen LogP contribution is -1.78. The monoisotopic (exact) mass is 168 g/mol. The van der Waals surface area contributed by atoms with E-state index < -0.39 is 0 Å². The van der Waals surface area contributed by atoms with Crippen LogP contribution in [-0.2, 0) is 4.79 Å². The summed E-state index contributed by atoms with van der Waals surface area (Å²) in [5.41, 5.74) is 0. The smallest absolute Gasteiger partial charge is 0.130 e. The summed E-state index contributed by atoms with van der Waals surface area (Å²) in [6.07, 6.45) is 8.38. The number of thioether (sulfide) groups is 1. The van der Waals surface area contributed by atoms with Gasteiger partial charge in [-0.25, -0.2) is 0 Å². The Morgan fingerprint density at radius 3 is 2.82 bits per heavy atom. The highest BCUT2D eigenvalue weighted by Gasteiger charge is 1.89. The molecule has 0 aliphatic heterocycles. The van der Waals surface area contributed by atoms with Crippen LogP contribution in [0.25, 0.3) is 0 Å². The molecule has 0 aliphatic rings. The fourth-order valence-corrected chi connectivity index (χ4v) is 1.25. The molecule has 0 rings (SSSR count). The Kier molecular flexibility index (Phi) is 6.84. The van der Waals surface area contributed by atoms with E-state index in [-0.39, 0.29) is 0 Å². The first-order chi connectivity index (χ1) is 5.35. The van der Waals surface area contributed by atoms with Crippen molar-refractivity contribution in [1.82, 2.24) is 0 Å². The Balaban J connectivity index is 3.98. The van der Waals surface area contributed by atoms with Crippen LogP contribution in [0.5, 0.6) is 0 Å². The van der Waals surface area contributed by atoms with Crippen LogP contribution < -0.4 is 0 Å². The van der Waals surface area contributed by atoms with Crippen molar-refractivity contribution in [2.45, 2.75) is 6.92 Å². The number of carbonyl (C=O) groups is 1. The maximum Gasteiger partial charge on any atom is 0.130 e. The van der Waals surface area contributed by atoms with Gasteiger partial charge < -0.3 is 4.79 Å². The van der Waals surface area contributed by atoms with E-state index in [1.165, 1.54) is 11.8 Å². The van der Waals surface area contributed by atoms with Crippen LogP contribution >= 0.6 is 11.8 Å². The van der Waals surface area contributed by atoms with Crippen molar-refractivity contribution in [3.63, 3.8) is 0 Å². The van der Waals surface area contributed by atoms with Gasteiger partial charge in [0.05, 0.1) is 5.75 Å². The van der Waals surface area contributed by atoms with E-state index >= 15 is 0 Å². The second-order valence-corrected chi connectivity index (χ2v) is 2.88. The molecule has 0 bridgehead atoms. The zero-order valence-corrected chi connectivity index (χ0v) is 7.43. The Bertz CT molecular complexity index is 180. The molecule has 0 heterocycles. The zero-order valence-electron chi connectivity index (χ0n) is 6.62. The molecule has 0 fully saturated rings. The van der Waals surface area contributed by atoms with E-state index in [0.717, 1.165) is 11.2 Å². The van der Waals surface area contributed by atoms with Gasteiger partial charge in [-0.15, -0.1) is 11.8 Å². The molecule has 60 valence electrons. The highest BCUT2D eigenvalue weighted by atomic mass is 32.2. The summed E-state index contributed by atoms with van der Waals surface area (Å²) in [4.78, 5) is 11.1. The first kappa shape index (κ1) is 10.2. The molecule has 0 atom stereocenters. The van der Waals surface area contributed by atoms with Crippen LogP contribution in [0, 0.1) is 0 Å². The standard InChI is InChI=1S/C9H12OS/c1-3-5-9(6-4-2)11-8-7-10/h3-7H,1,8H2,2H3/b6-4-,9-5+. The third-order valence-electron chi connectivity index (χ3n) is 0.931. The topological polar surface area (TPSA) is 17.1 Å². The fourth-order valence-electron chi connectivity index (χ4n) is 0.562. The molecule has 0 aromatic heterocycles. The predicted octanol–water partition coefficient (Wildman–Crippen LogP) is 2.56. The van der Waals surface area contributed by atoms with Crippen LogP contribution in [0.2, 0.25) is 0 Å². The third kappa shape index (κ3) is 5.67. The fraction of sp³-hybridized carbons (Fsp3) is 0.222. The number of carbonyl (C=O) groups excluding carboxylic acids is 1. The summed E-state index contributed by atoms with van der Waals surface area (Å²) < 4.78 is 0. The van der Waals surface area contributed by atoms with Gasteiger partial charge in [-0.1, -0.05) is 24.8 Å². The van der Waals surface area contributed by atoms with Gasteiger partial charge in [0.1, 0.15) is 6.29 Å². The van der Waals surface area contributed by atoms with Gasteiger partial charge in [-0.05, 0) is 13.0 Å². The van der Waals surface area contributed by atoms with Gasteiger partial charge in [0.25, 0.3) is 0 Å². The molecule has 1 nitrogen and oxygen atoms in total. The second kappa shape index (κ2) is 7.35. The van der Waals surface area contributed by atoms with Gasteiger partial charge in [-0.3, -0.25) is 0 Å². The van der Waals surface area contributed by atoms with E-state index in [9.17, 15) is 4.79 Å². The molecule has 0 aliphatic carbocycles. The highest BCUT2D eigenvalue weighted by molar-refractivity contribution is 8.03. The summed E-state index contributed by atoms with van der Waals surface area (Å²) in [7, 11) is 0. The quantitative estimate of drug-likeness (QED) is 0.463. The minimum atomic E-state index is 0.504. The Hall–Kier alpha value is -0.760. The number of hydrogen-bond acceptors (Lipinski definition) is 2. The molecule has 0 amide bonds. The average Bonchev–Trinajstić information content (AvgIpc) is 2.01. The lowest BCUT2D eigenvalue weighted by Gasteiger charge is -1.94. The molecule has 0 spiro atoms. The van der Waals surface area contributed by atoms with E-state index in [1.807, 2.05) is 25.2 Å². The van der Waals surface area contributed by atoms with Crippen LogP contribution in [-0.4, -0.2) is 12.0 Å². The highest BCUT2D eigenvalue weighted by Crippen LogP contribution is 2.15. The average molecular weight is 168 g/mol. The van der Waals surface area contributed by atoms with E-state index in [1.54, 1.807) is 6.08 Å². The lowest BCUT2D eigenvalue weighted by molar-refractivity contribution is -0.105. The van der Waals surface area contributed by atoms with Crippen molar-refractivity contribution in [2.75, 3.05) is 5.75 Å². The molecule has 2 heteroatoms. The summed E-state index contributed by atoms with van der Waals surface area (Å²) in [5.74, 6) is 0.504. The van der Waals surface area contributed by atoms with E-state index in [2.05, 4.69) is 6.58 Å². The molecule has 0 aromatic rings. The number of rotatable bonds is 5. The van der Waals surface area contributed by atoms with Crippen LogP contribution in [0.15, 0.2) is 35.8 Å². The van der Waals surface area contributed by atoms with Gasteiger partial charge in [0.2, 0.25) is 0 Å². The van der Waals surface area contributed by atoms with E-state index in [0.29, 0.717) is 5.75 Å². The van der Waals surface area contributed by atoms with Gasteiger partial charge in [0, 0.05) is 4.91 Å². The van der Waals surface area contributed by atoms with Crippen molar-refractivity contribution < 1.29 is 4.79 Å². The molecular formula is C9H12OS. The van der Waals surface area contributed by atoms with Gasteiger partial charge in [-0.2, -0.15) is 0 Å². The zero-order chi connectivity index (χ0) is 8.53. The van der Waals surface area contributed by atoms with Crippen LogP contribution in [0.4, 0.5) is 0 Å². The van der Waals surface area contributed by atoms with Crippen LogP contribution in [0.1, 0.15) is 6.92 Å². The Labute approximate surface area is 71.9 Å². The molecule has 0 N–H and O–H groups in total. The molecular weight excluding hydrogens is 156 g/mol. The van der Waals surface area contributed by atoms with Crippen molar-refractivity contribution in [3.05, 3.63) is 35.8 Å². The normalized spacial score (nSPS) is 11.9. The summed E-state index contributed by atoms with van der Waals surface area (Å²) in [6, 6.07) is 0. The van der Waals surface area contributed by atoms with Gasteiger partial charge in [0.15, 0.2) is 0 Å². The summed E-state index contributed by atoms with van der Waals surface area (Å²) >= 11 is 1.51. The predicted molar refractivity (Wildman–Crippen MR) is 51.6 cm³/mol. The lowest BCUT2D eigenvalue weighted by atomic mass is 10.4. The van der Waals surface area contributed by atoms with E-state index in [4.69, 9.17) is 0 Å². The molecule has 0 aromatic carbocycles. The minimum absolute atomic E-state index is 0.504. The van der Waals surface area contributed by atoms with Gasteiger partial charge >= 0.3 is 0 Å². The van der Waals surface area contributed by atoms with Crippen LogP contribution in [0.3, 0.4) is 0 Å². The van der Waals surface area contributed by atoms with Crippen molar-refractivity contribution >= 4 is 18.0 Å². The Morgan fingerprint density at radius 1 is 1.64 bits per heavy atom. The first-order valence-electron chi connectivity index (χ1n) is 3.37. The Morgan fingerprint density at radius 2 is 2.36 bits per heavy atom. The molecule has 0 saturated heterocycles. The second-order valence-electron chi connectivity index (χ2n) is 1.78. The SMILES string of the molecule is C=C/C=C(\C=C/C)SCC=O. The third-order valence-corrected chi connectivity index (χ3v) is 1.84. The van der Waals surface area contributed by atoms with Crippen molar-refractivity contribution in [1.29, 1.82) is 0 Å². The maximum atomic E-state index is 10.0.